The monoisotopic (exact) mass is 372 g/mol. The molecule has 4 rings (SSSR count). The Morgan fingerprint density at radius 1 is 1.29 bits per heavy atom. The second-order valence-electron chi connectivity index (χ2n) is 6.34. The van der Waals surface area contributed by atoms with E-state index in [1.54, 1.807) is 4.68 Å². The van der Waals surface area contributed by atoms with Crippen LogP contribution in [0.4, 0.5) is 17.2 Å². The van der Waals surface area contributed by atoms with Crippen LogP contribution in [0.25, 0.3) is 16.6 Å². The van der Waals surface area contributed by atoms with Gasteiger partial charge in [0.2, 0.25) is 5.78 Å². The largest absolute Gasteiger partial charge is 0.384 e. The fraction of sp³-hybridized carbons (Fsp3) is 0.0952. The molecule has 0 radical (unpaired) electrons. The van der Waals surface area contributed by atoms with Crippen molar-refractivity contribution in [2.75, 3.05) is 17.6 Å². The molecule has 2 heterocycles. The number of hydrogen-bond donors (Lipinski definition) is 3. The number of nitrogens with zero attached hydrogens (tertiary/aromatic N) is 3. The van der Waals surface area contributed by atoms with E-state index >= 15 is 0 Å². The zero-order valence-corrected chi connectivity index (χ0v) is 15.4. The number of carbonyl (C=O) groups excluding carboxylic acids is 1. The molecule has 0 aliphatic carbocycles. The number of ketones is 1. The van der Waals surface area contributed by atoms with Crippen molar-refractivity contribution < 1.29 is 4.79 Å². The van der Waals surface area contributed by atoms with Crippen molar-refractivity contribution in [3.63, 3.8) is 0 Å². The Labute approximate surface area is 161 Å². The lowest BCUT2D eigenvalue weighted by Gasteiger charge is -2.11. The molecular formula is C21H20N6O. The van der Waals surface area contributed by atoms with Gasteiger partial charge < -0.3 is 16.0 Å². The molecule has 0 aliphatic rings. The molecule has 0 spiro atoms. The third kappa shape index (κ3) is 2.92. The number of anilines is 2. The number of carbonyl (C=O) groups is 1. The molecule has 0 aliphatic heterocycles. The first-order valence-electron chi connectivity index (χ1n) is 8.93. The minimum atomic E-state index is -0.198. The zero-order chi connectivity index (χ0) is 19.7. The minimum Gasteiger partial charge on any atom is -0.384 e. The van der Waals surface area contributed by atoms with E-state index in [2.05, 4.69) is 27.1 Å². The predicted molar refractivity (Wildman–Crippen MR) is 113 cm³/mol. The molecule has 28 heavy (non-hydrogen) atoms. The summed E-state index contributed by atoms with van der Waals surface area (Å²) in [6.07, 6.45) is 1.50. The maximum atomic E-state index is 13.0. The van der Waals surface area contributed by atoms with Crippen molar-refractivity contribution in [1.29, 1.82) is 0 Å². The van der Waals surface area contributed by atoms with Crippen LogP contribution in [-0.2, 0) is 0 Å². The molecule has 0 bridgehead atoms. The lowest BCUT2D eigenvalue weighted by Crippen LogP contribution is -2.08. The first kappa shape index (κ1) is 17.5. The Kier molecular flexibility index (Phi) is 4.41. The van der Waals surface area contributed by atoms with Crippen LogP contribution < -0.4 is 11.1 Å². The minimum absolute atomic E-state index is 0.198. The molecule has 0 amide bonds. The summed E-state index contributed by atoms with van der Waals surface area (Å²) in [5, 5.41) is 8.54. The van der Waals surface area contributed by atoms with Gasteiger partial charge in [-0.25, -0.2) is 4.68 Å². The van der Waals surface area contributed by atoms with E-state index in [-0.39, 0.29) is 11.6 Å². The van der Waals surface area contributed by atoms with Gasteiger partial charge in [-0.2, -0.15) is 5.10 Å². The summed E-state index contributed by atoms with van der Waals surface area (Å²) in [6, 6.07) is 15.1. The number of nitrogens with one attached hydrogen (secondary N) is 2. The van der Waals surface area contributed by atoms with Crippen LogP contribution >= 0.6 is 0 Å². The molecule has 0 atom stereocenters. The zero-order valence-electron chi connectivity index (χ0n) is 15.4. The fourth-order valence-electron chi connectivity index (χ4n) is 3.21. The van der Waals surface area contributed by atoms with E-state index < -0.39 is 0 Å². The van der Waals surface area contributed by atoms with Crippen LogP contribution in [0.15, 0.2) is 59.7 Å². The number of rotatable bonds is 6. The average molecular weight is 372 g/mol. The number of H-pyrrole nitrogens is 1. The number of aromatic amines is 1. The molecule has 2 aromatic carbocycles. The van der Waals surface area contributed by atoms with Gasteiger partial charge in [0, 0.05) is 17.4 Å². The van der Waals surface area contributed by atoms with Crippen LogP contribution in [0, 0.1) is 0 Å². The van der Waals surface area contributed by atoms with Gasteiger partial charge in [-0.05, 0) is 44.0 Å². The third-order valence-corrected chi connectivity index (χ3v) is 4.59. The lowest BCUT2D eigenvalue weighted by molar-refractivity contribution is 0.103. The Morgan fingerprint density at radius 2 is 2.11 bits per heavy atom. The predicted octanol–water partition coefficient (Wildman–Crippen LogP) is 3.93. The smallest absolute Gasteiger partial charge is 0.214 e. The van der Waals surface area contributed by atoms with Crippen molar-refractivity contribution in [3.8, 4) is 5.69 Å². The molecule has 0 saturated heterocycles. The standard InChI is InChI=1S/C21H20N6O/c1-3-24-18-11-14(8-9-17(18)23-2)27-21(22)15(12-25-27)20(28)19-10-13-6-4-5-7-16(13)26-19/h4-12,24,26H,2-3,22H2,1H3. The summed E-state index contributed by atoms with van der Waals surface area (Å²) in [5.41, 5.74) is 10.3. The van der Waals surface area contributed by atoms with Crippen molar-refractivity contribution in [2.24, 2.45) is 4.99 Å². The first-order valence-corrected chi connectivity index (χ1v) is 8.93. The summed E-state index contributed by atoms with van der Waals surface area (Å²) in [5.74, 6) is 0.0849. The number of hydrogen-bond acceptors (Lipinski definition) is 5. The van der Waals surface area contributed by atoms with Gasteiger partial charge in [-0.1, -0.05) is 18.2 Å². The highest BCUT2D eigenvalue weighted by Gasteiger charge is 2.20. The molecule has 4 N–H and O–H groups in total. The maximum Gasteiger partial charge on any atom is 0.214 e. The van der Waals surface area contributed by atoms with Crippen molar-refractivity contribution in [2.45, 2.75) is 6.92 Å². The molecule has 140 valence electrons. The normalized spacial score (nSPS) is 10.9. The van der Waals surface area contributed by atoms with E-state index in [0.717, 1.165) is 34.5 Å². The highest BCUT2D eigenvalue weighted by molar-refractivity contribution is 6.12. The third-order valence-electron chi connectivity index (χ3n) is 4.59. The summed E-state index contributed by atoms with van der Waals surface area (Å²) >= 11 is 0. The van der Waals surface area contributed by atoms with E-state index in [9.17, 15) is 4.79 Å². The molecule has 0 unspecified atom stereocenters. The number of nitrogen functional groups attached to an aromatic ring is 1. The number of para-hydroxylation sites is 1. The van der Waals surface area contributed by atoms with Crippen LogP contribution in [0.3, 0.4) is 0 Å². The van der Waals surface area contributed by atoms with E-state index in [1.165, 1.54) is 6.20 Å². The van der Waals surface area contributed by atoms with Crippen LogP contribution in [0.1, 0.15) is 23.0 Å². The number of aromatic nitrogens is 3. The van der Waals surface area contributed by atoms with Gasteiger partial charge in [0.1, 0.15) is 5.82 Å². The van der Waals surface area contributed by atoms with E-state index in [4.69, 9.17) is 5.73 Å². The van der Waals surface area contributed by atoms with Crippen molar-refractivity contribution in [3.05, 3.63) is 66.0 Å². The highest BCUT2D eigenvalue weighted by atomic mass is 16.1. The van der Waals surface area contributed by atoms with Gasteiger partial charge in [-0.15, -0.1) is 0 Å². The average Bonchev–Trinajstić information content (AvgIpc) is 3.31. The topological polar surface area (TPSA) is 101 Å². The maximum absolute atomic E-state index is 13.0. The van der Waals surface area contributed by atoms with Crippen LogP contribution in [0.5, 0.6) is 0 Å². The number of aliphatic imine (C=N–C) groups is 1. The van der Waals surface area contributed by atoms with Gasteiger partial charge >= 0.3 is 0 Å². The molecular weight excluding hydrogens is 352 g/mol. The SMILES string of the molecule is C=Nc1ccc(-n2ncc(C(=O)c3cc4ccccc4[nH]3)c2N)cc1NCC. The molecule has 7 nitrogen and oxygen atoms in total. The number of benzene rings is 2. The lowest BCUT2D eigenvalue weighted by atomic mass is 10.1. The van der Waals surface area contributed by atoms with E-state index in [1.807, 2.05) is 55.5 Å². The second kappa shape index (κ2) is 7.03. The quantitative estimate of drug-likeness (QED) is 0.352. The number of fused-ring (bicyclic) bond motifs is 1. The Bertz CT molecular complexity index is 1150. The fourth-order valence-corrected chi connectivity index (χ4v) is 3.21. The summed E-state index contributed by atoms with van der Waals surface area (Å²) in [7, 11) is 0. The van der Waals surface area contributed by atoms with Crippen LogP contribution in [0.2, 0.25) is 0 Å². The summed E-state index contributed by atoms with van der Waals surface area (Å²) in [4.78, 5) is 20.1. The molecule has 2 aromatic heterocycles. The van der Waals surface area contributed by atoms with Gasteiger partial charge in [0.05, 0.1) is 34.5 Å². The van der Waals surface area contributed by atoms with Crippen LogP contribution in [-0.4, -0.2) is 33.8 Å². The molecule has 0 saturated carbocycles. The Hall–Kier alpha value is -3.87. The van der Waals surface area contributed by atoms with E-state index in [0.29, 0.717) is 11.3 Å². The Balaban J connectivity index is 1.72. The second-order valence-corrected chi connectivity index (χ2v) is 6.34. The first-order chi connectivity index (χ1) is 13.6. The number of nitrogens with two attached hydrogens (primary N) is 1. The Morgan fingerprint density at radius 3 is 2.86 bits per heavy atom. The molecule has 7 heteroatoms. The highest BCUT2D eigenvalue weighted by Crippen LogP contribution is 2.29. The van der Waals surface area contributed by atoms with Crippen molar-refractivity contribution in [1.82, 2.24) is 14.8 Å². The van der Waals surface area contributed by atoms with Gasteiger partial charge in [0.15, 0.2) is 0 Å². The van der Waals surface area contributed by atoms with Crippen molar-refractivity contribution >= 4 is 40.6 Å². The molecule has 4 aromatic rings. The van der Waals surface area contributed by atoms with Gasteiger partial charge in [0.25, 0.3) is 0 Å². The summed E-state index contributed by atoms with van der Waals surface area (Å²) < 4.78 is 1.55. The molecule has 0 fully saturated rings. The van der Waals surface area contributed by atoms with Gasteiger partial charge in [-0.3, -0.25) is 9.79 Å². The summed E-state index contributed by atoms with van der Waals surface area (Å²) in [6.45, 7) is 6.33.